The van der Waals surface area contributed by atoms with E-state index >= 15 is 0 Å². The third-order valence-electron chi connectivity index (χ3n) is 2.38. The number of hydrogen-bond donors (Lipinski definition) is 0. The van der Waals surface area contributed by atoms with Crippen molar-refractivity contribution in [3.63, 3.8) is 0 Å². The Morgan fingerprint density at radius 2 is 2.47 bits per heavy atom. The molecule has 1 fully saturated rings. The Morgan fingerprint density at radius 1 is 1.67 bits per heavy atom. The topological polar surface area (TPSA) is 39.9 Å². The molecular formula is C10H9BrFN3. The van der Waals surface area contributed by atoms with Gasteiger partial charge in [0.05, 0.1) is 12.1 Å². The molecule has 0 aliphatic carbocycles. The van der Waals surface area contributed by atoms with E-state index in [1.165, 1.54) is 0 Å². The molecule has 2 heterocycles. The fourth-order valence-corrected chi connectivity index (χ4v) is 2.01. The molecule has 1 saturated heterocycles. The van der Waals surface area contributed by atoms with Crippen LogP contribution in [0.5, 0.6) is 0 Å². The normalized spacial score (nSPS) is 20.3. The number of halogens is 2. The van der Waals surface area contributed by atoms with Gasteiger partial charge in [0, 0.05) is 17.2 Å². The van der Waals surface area contributed by atoms with Crippen molar-refractivity contribution in [1.82, 2.24) is 4.98 Å². The van der Waals surface area contributed by atoms with Gasteiger partial charge in [-0.2, -0.15) is 5.26 Å². The highest BCUT2D eigenvalue weighted by Crippen LogP contribution is 2.25. The average Bonchev–Trinajstić information content (AvgIpc) is 2.64. The maximum absolute atomic E-state index is 13.0. The minimum absolute atomic E-state index is 0.337. The lowest BCUT2D eigenvalue weighted by molar-refractivity contribution is 0.364. The van der Waals surface area contributed by atoms with E-state index in [1.807, 2.05) is 4.90 Å². The number of nitrogens with zero attached hydrogens (tertiary/aromatic N) is 3. The van der Waals surface area contributed by atoms with Crippen LogP contribution >= 0.6 is 15.9 Å². The molecule has 0 radical (unpaired) electrons. The van der Waals surface area contributed by atoms with Crippen molar-refractivity contribution in [2.24, 2.45) is 0 Å². The molecule has 1 aromatic heterocycles. The summed E-state index contributed by atoms with van der Waals surface area (Å²) >= 11 is 3.25. The largest absolute Gasteiger partial charge is 0.352 e. The molecule has 0 N–H and O–H groups in total. The van der Waals surface area contributed by atoms with Crippen LogP contribution < -0.4 is 4.90 Å². The minimum Gasteiger partial charge on any atom is -0.352 e. The van der Waals surface area contributed by atoms with Crippen molar-refractivity contribution >= 4 is 21.7 Å². The van der Waals surface area contributed by atoms with Crippen molar-refractivity contribution in [3.8, 4) is 6.07 Å². The Hall–Kier alpha value is -1.15. The van der Waals surface area contributed by atoms with Crippen molar-refractivity contribution in [2.45, 2.75) is 12.6 Å². The molecule has 1 atom stereocenters. The molecular weight excluding hydrogens is 261 g/mol. The van der Waals surface area contributed by atoms with E-state index in [0.29, 0.717) is 30.9 Å². The Balaban J connectivity index is 2.32. The van der Waals surface area contributed by atoms with E-state index in [9.17, 15) is 4.39 Å². The van der Waals surface area contributed by atoms with Crippen LogP contribution in [-0.2, 0) is 0 Å². The third kappa shape index (κ3) is 2.10. The smallest absolute Gasteiger partial charge is 0.146 e. The average molecular weight is 270 g/mol. The number of alkyl halides is 1. The quantitative estimate of drug-likeness (QED) is 0.785. The Morgan fingerprint density at radius 3 is 3.07 bits per heavy atom. The van der Waals surface area contributed by atoms with Gasteiger partial charge in [0.25, 0.3) is 0 Å². The van der Waals surface area contributed by atoms with E-state index in [1.54, 1.807) is 12.3 Å². The highest BCUT2D eigenvalue weighted by atomic mass is 79.9. The summed E-state index contributed by atoms with van der Waals surface area (Å²) < 4.78 is 13.8. The first-order chi connectivity index (χ1) is 7.20. The van der Waals surface area contributed by atoms with Crippen LogP contribution in [0.3, 0.4) is 0 Å². The van der Waals surface area contributed by atoms with Gasteiger partial charge in [-0.1, -0.05) is 0 Å². The molecule has 1 aliphatic rings. The van der Waals surface area contributed by atoms with Crippen molar-refractivity contribution in [1.29, 1.82) is 5.26 Å². The molecule has 0 saturated carbocycles. The number of aromatic nitrogens is 1. The second-order valence-electron chi connectivity index (χ2n) is 3.47. The molecule has 0 aromatic carbocycles. The molecule has 1 aromatic rings. The molecule has 3 nitrogen and oxygen atoms in total. The van der Waals surface area contributed by atoms with Crippen LogP contribution in [0.15, 0.2) is 16.7 Å². The fourth-order valence-electron chi connectivity index (χ4n) is 1.68. The highest BCUT2D eigenvalue weighted by Gasteiger charge is 2.24. The molecule has 0 unspecified atom stereocenters. The van der Waals surface area contributed by atoms with Gasteiger partial charge in [-0.25, -0.2) is 9.37 Å². The van der Waals surface area contributed by atoms with E-state index in [-0.39, 0.29) is 0 Å². The Bertz CT molecular complexity index is 416. The summed E-state index contributed by atoms with van der Waals surface area (Å²) in [6, 6.07) is 3.77. The van der Waals surface area contributed by atoms with Gasteiger partial charge in [-0.3, -0.25) is 0 Å². The summed E-state index contributed by atoms with van der Waals surface area (Å²) in [7, 11) is 0. The monoisotopic (exact) mass is 269 g/mol. The standard InChI is InChI=1S/C10H9BrFN3/c11-8-3-7(4-13)10(14-5-8)15-2-1-9(12)6-15/h3,5,9H,1-2,6H2/t9-/m0/s1. The van der Waals surface area contributed by atoms with E-state index in [0.717, 1.165) is 4.47 Å². The number of nitriles is 1. The summed E-state index contributed by atoms with van der Waals surface area (Å²) in [5, 5.41) is 8.94. The third-order valence-corrected chi connectivity index (χ3v) is 2.82. The van der Waals surface area contributed by atoms with Crippen LogP contribution in [0.25, 0.3) is 0 Å². The van der Waals surface area contributed by atoms with Gasteiger partial charge in [-0.05, 0) is 28.4 Å². The summed E-state index contributed by atoms with van der Waals surface area (Å²) in [6.07, 6.45) is 1.34. The van der Waals surface area contributed by atoms with Crippen LogP contribution in [0.1, 0.15) is 12.0 Å². The van der Waals surface area contributed by atoms with Gasteiger partial charge in [0.2, 0.25) is 0 Å². The summed E-state index contributed by atoms with van der Waals surface area (Å²) in [5.41, 5.74) is 0.485. The highest BCUT2D eigenvalue weighted by molar-refractivity contribution is 9.10. The van der Waals surface area contributed by atoms with E-state index in [2.05, 4.69) is 27.0 Å². The van der Waals surface area contributed by atoms with Crippen LogP contribution in [-0.4, -0.2) is 24.2 Å². The molecule has 0 amide bonds. The second kappa shape index (κ2) is 4.15. The summed E-state index contributed by atoms with van der Waals surface area (Å²) in [6.45, 7) is 0.966. The van der Waals surface area contributed by atoms with Gasteiger partial charge in [0.15, 0.2) is 0 Å². The lowest BCUT2D eigenvalue weighted by Crippen LogP contribution is -2.22. The molecule has 2 rings (SSSR count). The first kappa shape index (κ1) is 10.4. The maximum Gasteiger partial charge on any atom is 0.146 e. The molecule has 78 valence electrons. The summed E-state index contributed by atoms with van der Waals surface area (Å²) in [4.78, 5) is 5.97. The van der Waals surface area contributed by atoms with E-state index in [4.69, 9.17) is 5.26 Å². The van der Waals surface area contributed by atoms with Crippen LogP contribution in [0, 0.1) is 11.3 Å². The zero-order chi connectivity index (χ0) is 10.8. The van der Waals surface area contributed by atoms with Gasteiger partial charge in [0.1, 0.15) is 18.1 Å². The van der Waals surface area contributed by atoms with Gasteiger partial charge in [-0.15, -0.1) is 0 Å². The SMILES string of the molecule is N#Cc1cc(Br)cnc1N1CC[C@H](F)C1. The zero-order valence-electron chi connectivity index (χ0n) is 7.95. The predicted octanol–water partition coefficient (Wildman–Crippen LogP) is 2.26. The first-order valence-corrected chi connectivity index (χ1v) is 5.44. The molecule has 1 aliphatic heterocycles. The fraction of sp³-hybridized carbons (Fsp3) is 0.400. The molecule has 5 heteroatoms. The number of anilines is 1. The predicted molar refractivity (Wildman–Crippen MR) is 58.4 cm³/mol. The van der Waals surface area contributed by atoms with Gasteiger partial charge >= 0.3 is 0 Å². The zero-order valence-corrected chi connectivity index (χ0v) is 9.54. The maximum atomic E-state index is 13.0. The number of rotatable bonds is 1. The minimum atomic E-state index is -0.804. The number of hydrogen-bond acceptors (Lipinski definition) is 3. The van der Waals surface area contributed by atoms with Gasteiger partial charge < -0.3 is 4.90 Å². The molecule has 15 heavy (non-hydrogen) atoms. The Labute approximate surface area is 95.7 Å². The lowest BCUT2D eigenvalue weighted by atomic mass is 10.2. The molecule has 0 spiro atoms. The van der Waals surface area contributed by atoms with Crippen LogP contribution in [0.4, 0.5) is 10.2 Å². The molecule has 0 bridgehead atoms. The van der Waals surface area contributed by atoms with Crippen molar-refractivity contribution in [3.05, 3.63) is 22.3 Å². The van der Waals surface area contributed by atoms with Crippen LogP contribution in [0.2, 0.25) is 0 Å². The first-order valence-electron chi connectivity index (χ1n) is 4.65. The number of pyridine rings is 1. The Kier molecular flexibility index (Phi) is 2.87. The van der Waals surface area contributed by atoms with Crippen molar-refractivity contribution in [2.75, 3.05) is 18.0 Å². The summed E-state index contributed by atoms with van der Waals surface area (Å²) in [5.74, 6) is 0.584. The second-order valence-corrected chi connectivity index (χ2v) is 4.38. The lowest BCUT2D eigenvalue weighted by Gasteiger charge is -2.17. The van der Waals surface area contributed by atoms with Crippen molar-refractivity contribution < 1.29 is 4.39 Å². The van der Waals surface area contributed by atoms with E-state index < -0.39 is 6.17 Å².